The number of aromatic nitrogens is 1. The molecule has 1 aromatic carbocycles. The molecule has 8 nitrogen and oxygen atoms in total. The van der Waals surface area contributed by atoms with Crippen LogP contribution in [0, 0.1) is 5.92 Å². The molecule has 0 fully saturated rings. The Morgan fingerprint density at radius 1 is 1.26 bits per heavy atom. The standard InChI is InChI=1S/C23H31N3O5/c1-13(2)10-17(25-22(30)31-23(3,4)5)20(27)26-12-18-15(11-19(26)21(28)29)14-8-6-7-9-16(14)24-18/h6-9,13,17,19,24H,10-12H2,1-5H3,(H,25,30)(H,28,29)/t17-,19-/m0/s1. The van der Waals surface area contributed by atoms with Gasteiger partial charge in [0.25, 0.3) is 0 Å². The van der Waals surface area contributed by atoms with Gasteiger partial charge in [0.1, 0.15) is 17.7 Å². The minimum atomic E-state index is -1.06. The van der Waals surface area contributed by atoms with Gasteiger partial charge in [-0.3, -0.25) is 4.79 Å². The summed E-state index contributed by atoms with van der Waals surface area (Å²) in [6.07, 6.45) is -0.108. The molecule has 2 atom stereocenters. The Morgan fingerprint density at radius 2 is 1.94 bits per heavy atom. The van der Waals surface area contributed by atoms with Crippen LogP contribution >= 0.6 is 0 Å². The van der Waals surface area contributed by atoms with Crippen molar-refractivity contribution in [3.05, 3.63) is 35.5 Å². The highest BCUT2D eigenvalue weighted by atomic mass is 16.6. The number of H-pyrrole nitrogens is 1. The Labute approximate surface area is 181 Å². The monoisotopic (exact) mass is 429 g/mol. The van der Waals surface area contributed by atoms with Gasteiger partial charge in [-0.05, 0) is 44.7 Å². The predicted molar refractivity (Wildman–Crippen MR) is 117 cm³/mol. The fourth-order valence-corrected chi connectivity index (χ4v) is 4.00. The van der Waals surface area contributed by atoms with E-state index in [0.717, 1.165) is 22.2 Å². The van der Waals surface area contributed by atoms with E-state index in [9.17, 15) is 19.5 Å². The Balaban J connectivity index is 1.89. The number of para-hydroxylation sites is 1. The van der Waals surface area contributed by atoms with E-state index >= 15 is 0 Å². The third kappa shape index (κ3) is 5.18. The fraction of sp³-hybridized carbons (Fsp3) is 0.522. The first kappa shape index (κ1) is 22.7. The molecule has 2 amide bonds. The summed E-state index contributed by atoms with van der Waals surface area (Å²) in [5.74, 6) is -1.37. The van der Waals surface area contributed by atoms with Gasteiger partial charge in [-0.25, -0.2) is 9.59 Å². The Morgan fingerprint density at radius 3 is 2.55 bits per heavy atom. The van der Waals surface area contributed by atoms with Crippen molar-refractivity contribution < 1.29 is 24.2 Å². The van der Waals surface area contributed by atoms with E-state index in [-0.39, 0.29) is 18.9 Å². The summed E-state index contributed by atoms with van der Waals surface area (Å²) in [6, 6.07) is 5.82. The zero-order valence-corrected chi connectivity index (χ0v) is 18.7. The van der Waals surface area contributed by atoms with Crippen molar-refractivity contribution in [1.82, 2.24) is 15.2 Å². The molecule has 0 bridgehead atoms. The summed E-state index contributed by atoms with van der Waals surface area (Å²) in [5, 5.41) is 13.5. The van der Waals surface area contributed by atoms with Crippen molar-refractivity contribution in [2.75, 3.05) is 0 Å². The number of benzene rings is 1. The van der Waals surface area contributed by atoms with E-state index in [1.165, 1.54) is 4.90 Å². The molecule has 168 valence electrons. The number of aliphatic carboxylic acids is 1. The molecule has 0 aliphatic carbocycles. The summed E-state index contributed by atoms with van der Waals surface area (Å²) < 4.78 is 5.31. The maximum absolute atomic E-state index is 13.5. The van der Waals surface area contributed by atoms with Crippen LogP contribution in [0.5, 0.6) is 0 Å². The van der Waals surface area contributed by atoms with Gasteiger partial charge < -0.3 is 25.0 Å². The molecular formula is C23H31N3O5. The average molecular weight is 430 g/mol. The lowest BCUT2D eigenvalue weighted by atomic mass is 9.94. The van der Waals surface area contributed by atoms with E-state index < -0.39 is 35.7 Å². The molecule has 8 heteroatoms. The third-order valence-electron chi connectivity index (χ3n) is 5.27. The number of aromatic amines is 1. The normalized spacial score (nSPS) is 17.4. The first-order valence-corrected chi connectivity index (χ1v) is 10.6. The van der Waals surface area contributed by atoms with Crippen molar-refractivity contribution in [3.8, 4) is 0 Å². The highest BCUT2D eigenvalue weighted by molar-refractivity contribution is 5.92. The van der Waals surface area contributed by atoms with Gasteiger partial charge in [-0.15, -0.1) is 0 Å². The number of carbonyl (C=O) groups is 3. The molecule has 0 saturated carbocycles. The summed E-state index contributed by atoms with van der Waals surface area (Å²) >= 11 is 0. The second-order valence-electron chi connectivity index (χ2n) is 9.48. The van der Waals surface area contributed by atoms with Crippen molar-refractivity contribution in [3.63, 3.8) is 0 Å². The smallest absolute Gasteiger partial charge is 0.408 e. The predicted octanol–water partition coefficient (Wildman–Crippen LogP) is 3.45. The van der Waals surface area contributed by atoms with Gasteiger partial charge in [-0.1, -0.05) is 32.0 Å². The maximum atomic E-state index is 13.5. The number of carboxylic acids is 1. The van der Waals surface area contributed by atoms with E-state index in [2.05, 4.69) is 10.3 Å². The molecule has 0 spiro atoms. The number of carboxylic acid groups (broad SMARTS) is 1. The number of rotatable bonds is 5. The number of amides is 2. The minimum Gasteiger partial charge on any atom is -0.480 e. The number of fused-ring (bicyclic) bond motifs is 3. The van der Waals surface area contributed by atoms with Gasteiger partial charge in [-0.2, -0.15) is 0 Å². The lowest BCUT2D eigenvalue weighted by Crippen LogP contribution is -2.56. The Bertz CT molecular complexity index is 989. The van der Waals surface area contributed by atoms with Crippen molar-refractivity contribution >= 4 is 28.9 Å². The molecule has 31 heavy (non-hydrogen) atoms. The zero-order valence-electron chi connectivity index (χ0n) is 18.7. The molecule has 0 unspecified atom stereocenters. The quantitative estimate of drug-likeness (QED) is 0.674. The molecule has 0 saturated heterocycles. The summed E-state index contributed by atoms with van der Waals surface area (Å²) in [7, 11) is 0. The van der Waals surface area contributed by atoms with E-state index in [0.29, 0.717) is 6.42 Å². The lowest BCUT2D eigenvalue weighted by molar-refractivity contribution is -0.152. The van der Waals surface area contributed by atoms with Crippen LogP contribution in [0.15, 0.2) is 24.3 Å². The zero-order chi connectivity index (χ0) is 22.9. The number of carbonyl (C=O) groups excluding carboxylic acids is 2. The number of nitrogens with one attached hydrogen (secondary N) is 2. The highest BCUT2D eigenvalue weighted by Crippen LogP contribution is 2.31. The number of hydrogen-bond acceptors (Lipinski definition) is 4. The highest BCUT2D eigenvalue weighted by Gasteiger charge is 2.39. The fourth-order valence-electron chi connectivity index (χ4n) is 4.00. The van der Waals surface area contributed by atoms with Crippen LogP contribution < -0.4 is 5.32 Å². The van der Waals surface area contributed by atoms with Crippen LogP contribution in [-0.4, -0.2) is 50.6 Å². The molecule has 1 aliphatic rings. The van der Waals surface area contributed by atoms with E-state index in [4.69, 9.17) is 4.74 Å². The van der Waals surface area contributed by atoms with Crippen LogP contribution in [0.3, 0.4) is 0 Å². The van der Waals surface area contributed by atoms with Crippen LogP contribution in [0.2, 0.25) is 0 Å². The van der Waals surface area contributed by atoms with Gasteiger partial charge in [0.2, 0.25) is 5.91 Å². The first-order chi connectivity index (χ1) is 14.5. The molecule has 3 N–H and O–H groups in total. The van der Waals surface area contributed by atoms with Crippen LogP contribution in [0.4, 0.5) is 4.79 Å². The Kier molecular flexibility index (Phi) is 6.29. The average Bonchev–Trinajstić information content (AvgIpc) is 3.01. The van der Waals surface area contributed by atoms with Crippen LogP contribution in [0.25, 0.3) is 10.9 Å². The number of alkyl carbamates (subject to hydrolysis) is 1. The van der Waals surface area contributed by atoms with Gasteiger partial charge in [0.05, 0.1) is 6.54 Å². The van der Waals surface area contributed by atoms with E-state index in [1.54, 1.807) is 20.8 Å². The second-order valence-corrected chi connectivity index (χ2v) is 9.48. The number of ether oxygens (including phenoxy) is 1. The van der Waals surface area contributed by atoms with E-state index in [1.807, 2.05) is 38.1 Å². The van der Waals surface area contributed by atoms with Crippen molar-refractivity contribution in [1.29, 1.82) is 0 Å². The molecule has 3 rings (SSSR count). The maximum Gasteiger partial charge on any atom is 0.408 e. The molecule has 2 heterocycles. The minimum absolute atomic E-state index is 0.112. The summed E-state index contributed by atoms with van der Waals surface area (Å²) in [5.41, 5.74) is 1.96. The van der Waals surface area contributed by atoms with Crippen molar-refractivity contribution in [2.24, 2.45) is 5.92 Å². The first-order valence-electron chi connectivity index (χ1n) is 10.6. The van der Waals surface area contributed by atoms with Crippen LogP contribution in [-0.2, 0) is 27.3 Å². The van der Waals surface area contributed by atoms with Gasteiger partial charge in [0, 0.05) is 23.0 Å². The van der Waals surface area contributed by atoms with Gasteiger partial charge in [0.15, 0.2) is 0 Å². The molecule has 2 aromatic rings. The third-order valence-corrected chi connectivity index (χ3v) is 5.27. The van der Waals surface area contributed by atoms with Gasteiger partial charge >= 0.3 is 12.1 Å². The molecule has 1 aliphatic heterocycles. The topological polar surface area (TPSA) is 112 Å². The number of hydrogen-bond donors (Lipinski definition) is 3. The van der Waals surface area contributed by atoms with Crippen LogP contribution in [0.1, 0.15) is 52.3 Å². The summed E-state index contributed by atoms with van der Waals surface area (Å²) in [4.78, 5) is 42.5. The summed E-state index contributed by atoms with van der Waals surface area (Å²) in [6.45, 7) is 9.26. The van der Waals surface area contributed by atoms with Crippen molar-refractivity contribution in [2.45, 2.75) is 71.7 Å². The lowest BCUT2D eigenvalue weighted by Gasteiger charge is -2.36. The Hall–Kier alpha value is -3.03. The molecule has 1 aromatic heterocycles. The second kappa shape index (κ2) is 8.61. The largest absolute Gasteiger partial charge is 0.480 e. The molecule has 0 radical (unpaired) electrons. The number of nitrogens with zero attached hydrogens (tertiary/aromatic N) is 1. The molecular weight excluding hydrogens is 398 g/mol. The SMILES string of the molecule is CC(C)C[C@H](NC(=O)OC(C)(C)C)C(=O)N1Cc2[nH]c3ccccc3c2C[C@H]1C(=O)O.